The van der Waals surface area contributed by atoms with E-state index in [1.165, 1.54) is 13.1 Å². The Morgan fingerprint density at radius 2 is 1.80 bits per heavy atom. The van der Waals surface area contributed by atoms with Crippen LogP contribution in [0.25, 0.3) is 22.0 Å². The Kier molecular flexibility index (Phi) is 6.49. The number of amides is 2. The number of carbonyl (C=O) groups is 2. The zero-order valence-corrected chi connectivity index (χ0v) is 22.4. The van der Waals surface area contributed by atoms with Crippen LogP contribution >= 0.6 is 11.6 Å². The van der Waals surface area contributed by atoms with Crippen molar-refractivity contribution in [2.24, 2.45) is 12.8 Å². The number of aromatic nitrogens is 2. The third kappa shape index (κ3) is 4.84. The lowest BCUT2D eigenvalue weighted by Gasteiger charge is -2.22. The van der Waals surface area contributed by atoms with Crippen LogP contribution in [0.4, 0.5) is 27.8 Å². The zero-order chi connectivity index (χ0) is 30.2. The molecular weight excluding hydrogens is 597 g/mol. The van der Waals surface area contributed by atoms with Crippen LogP contribution in [0.2, 0.25) is 5.02 Å². The molecule has 1 unspecified atom stereocenters. The number of halogens is 6. The average Bonchev–Trinajstić information content (AvgIpc) is 3.34. The van der Waals surface area contributed by atoms with Crippen LogP contribution in [0.3, 0.4) is 0 Å². The van der Waals surface area contributed by atoms with Crippen molar-refractivity contribution in [1.82, 2.24) is 15.1 Å². The summed E-state index contributed by atoms with van der Waals surface area (Å²) in [5.41, 5.74) is 0.937. The van der Waals surface area contributed by atoms with Gasteiger partial charge in [0.1, 0.15) is 23.0 Å². The smallest absolute Gasteiger partial charge is 0.366 e. The molecule has 214 valence electrons. The van der Waals surface area contributed by atoms with Gasteiger partial charge < -0.3 is 11.1 Å². The van der Waals surface area contributed by atoms with Gasteiger partial charge in [-0.05, 0) is 42.0 Å². The normalized spacial score (nSPS) is 15.2. The van der Waals surface area contributed by atoms with Crippen LogP contribution in [-0.4, -0.2) is 36.3 Å². The minimum atomic E-state index is -5.23. The van der Waals surface area contributed by atoms with Gasteiger partial charge >= 0.3 is 6.18 Å². The molecule has 0 saturated carbocycles. The molecule has 1 aromatic heterocycles. The molecule has 0 bridgehead atoms. The minimum Gasteiger partial charge on any atom is -0.366 e. The van der Waals surface area contributed by atoms with Crippen molar-refractivity contribution < 1.29 is 40.0 Å². The monoisotopic (exact) mass is 613 g/mol. The molecule has 5 rings (SSSR count). The molecule has 1 aliphatic rings. The summed E-state index contributed by atoms with van der Waals surface area (Å²) >= 11 is 6.30. The highest BCUT2D eigenvalue weighted by atomic mass is 35.5. The predicted octanol–water partition coefficient (Wildman–Crippen LogP) is 4.49. The number of primary amides is 1. The maximum atomic E-state index is 14.4. The van der Waals surface area contributed by atoms with E-state index in [-0.39, 0.29) is 44.5 Å². The SMILES string of the molecule is Cn1nc2c3c(c(-c4c(C(N)=O)cc(F)cc4C(F)(F)F)cc2c1NS(C)(=O)=O)C(c1cc(F)ccc1Cl)NC3=O. The number of rotatable bonds is 5. The van der Waals surface area contributed by atoms with Crippen LogP contribution in [-0.2, 0) is 23.2 Å². The number of anilines is 1. The summed E-state index contributed by atoms with van der Waals surface area (Å²) in [6.45, 7) is 0. The standard InChI is InChI=1S/C25H17ClF5N5O4S/c1-36-23(35-41(2,39)40)14-8-12(17-13(22(32)37)6-10(28)7-15(17)25(29,30)31)18-19(21(14)34-36)24(38)33-20(18)11-5-9(27)3-4-16(11)26/h3-8,20,35H,1-2H3,(H2,32,37)(H,33,38). The second-order valence-corrected chi connectivity index (χ2v) is 11.4. The van der Waals surface area contributed by atoms with E-state index in [9.17, 15) is 40.0 Å². The number of benzene rings is 3. The molecule has 4 aromatic rings. The van der Waals surface area contributed by atoms with E-state index in [0.717, 1.165) is 29.1 Å². The van der Waals surface area contributed by atoms with Gasteiger partial charge in [0, 0.05) is 34.1 Å². The number of aryl methyl sites for hydroxylation is 1. The fourth-order valence-electron chi connectivity index (χ4n) is 4.94. The summed E-state index contributed by atoms with van der Waals surface area (Å²) in [5, 5.41) is 6.59. The Morgan fingerprint density at radius 1 is 1.12 bits per heavy atom. The third-order valence-corrected chi connectivity index (χ3v) is 7.36. The van der Waals surface area contributed by atoms with Gasteiger partial charge in [0.05, 0.1) is 29.0 Å². The van der Waals surface area contributed by atoms with Gasteiger partial charge in [-0.3, -0.25) is 19.0 Å². The number of fused-ring (bicyclic) bond motifs is 3. The fraction of sp³-hybridized carbons (Fsp3) is 0.160. The molecule has 0 aliphatic carbocycles. The van der Waals surface area contributed by atoms with Crippen LogP contribution in [0, 0.1) is 11.6 Å². The van der Waals surface area contributed by atoms with Crippen LogP contribution < -0.4 is 15.8 Å². The Labute approximate surface area is 233 Å². The van der Waals surface area contributed by atoms with Crippen LogP contribution in [0.5, 0.6) is 0 Å². The van der Waals surface area contributed by atoms with Gasteiger partial charge in [0.25, 0.3) is 5.91 Å². The molecule has 2 amide bonds. The summed E-state index contributed by atoms with van der Waals surface area (Å²) in [5.74, 6) is -4.69. The first-order chi connectivity index (χ1) is 19.0. The number of nitrogens with zero attached hydrogens (tertiary/aromatic N) is 2. The van der Waals surface area contributed by atoms with Crippen molar-refractivity contribution in [3.63, 3.8) is 0 Å². The number of alkyl halides is 3. The van der Waals surface area contributed by atoms with Crippen molar-refractivity contribution in [2.75, 3.05) is 11.0 Å². The largest absolute Gasteiger partial charge is 0.417 e. The molecule has 3 aromatic carbocycles. The number of nitrogens with one attached hydrogen (secondary N) is 2. The Balaban J connectivity index is 2.02. The quantitative estimate of drug-likeness (QED) is 0.285. The molecule has 4 N–H and O–H groups in total. The van der Waals surface area contributed by atoms with E-state index in [0.29, 0.717) is 6.07 Å². The number of hydrogen-bond acceptors (Lipinski definition) is 5. The van der Waals surface area contributed by atoms with Gasteiger partial charge in [0.15, 0.2) is 0 Å². The average molecular weight is 614 g/mol. The van der Waals surface area contributed by atoms with Crippen molar-refractivity contribution in [3.05, 3.63) is 80.9 Å². The molecule has 0 radical (unpaired) electrons. The summed E-state index contributed by atoms with van der Waals surface area (Å²) in [4.78, 5) is 25.8. The summed E-state index contributed by atoms with van der Waals surface area (Å²) < 4.78 is 99.2. The van der Waals surface area contributed by atoms with Crippen molar-refractivity contribution >= 4 is 50.2 Å². The van der Waals surface area contributed by atoms with Gasteiger partial charge in [-0.25, -0.2) is 17.2 Å². The summed E-state index contributed by atoms with van der Waals surface area (Å²) in [7, 11) is -2.64. The fourth-order valence-corrected chi connectivity index (χ4v) is 5.76. The zero-order valence-electron chi connectivity index (χ0n) is 20.8. The molecule has 2 heterocycles. The molecule has 1 atom stereocenters. The highest BCUT2D eigenvalue weighted by Crippen LogP contribution is 2.49. The third-order valence-electron chi connectivity index (χ3n) is 6.45. The minimum absolute atomic E-state index is 0.0407. The number of hydrogen-bond donors (Lipinski definition) is 3. The first-order valence-electron chi connectivity index (χ1n) is 11.5. The maximum absolute atomic E-state index is 14.4. The lowest BCUT2D eigenvalue weighted by molar-refractivity contribution is -0.137. The summed E-state index contributed by atoms with van der Waals surface area (Å²) in [6, 6.07) is 3.56. The Bertz CT molecular complexity index is 1920. The molecule has 9 nitrogen and oxygen atoms in total. The maximum Gasteiger partial charge on any atom is 0.417 e. The number of carbonyl (C=O) groups excluding carboxylic acids is 2. The predicted molar refractivity (Wildman–Crippen MR) is 139 cm³/mol. The molecule has 16 heteroatoms. The number of nitrogens with two attached hydrogens (primary N) is 1. The van der Waals surface area contributed by atoms with E-state index in [1.54, 1.807) is 0 Å². The second-order valence-electron chi connectivity index (χ2n) is 9.27. The molecule has 41 heavy (non-hydrogen) atoms. The van der Waals surface area contributed by atoms with Gasteiger partial charge in [-0.2, -0.15) is 18.3 Å². The van der Waals surface area contributed by atoms with Crippen molar-refractivity contribution in [1.29, 1.82) is 0 Å². The van der Waals surface area contributed by atoms with E-state index in [1.807, 2.05) is 0 Å². The molecule has 0 saturated heterocycles. The molecule has 0 spiro atoms. The highest BCUT2D eigenvalue weighted by molar-refractivity contribution is 7.92. The molecule has 1 aliphatic heterocycles. The van der Waals surface area contributed by atoms with Crippen LogP contribution in [0.15, 0.2) is 36.4 Å². The highest BCUT2D eigenvalue weighted by Gasteiger charge is 2.42. The van der Waals surface area contributed by atoms with Crippen molar-refractivity contribution in [2.45, 2.75) is 12.2 Å². The molecule has 0 fully saturated rings. The topological polar surface area (TPSA) is 136 Å². The van der Waals surface area contributed by atoms with Crippen LogP contribution in [0.1, 0.15) is 43.4 Å². The Hall–Kier alpha value is -4.24. The van der Waals surface area contributed by atoms with Crippen molar-refractivity contribution in [3.8, 4) is 11.1 Å². The van der Waals surface area contributed by atoms with E-state index < -0.39 is 67.9 Å². The first-order valence-corrected chi connectivity index (χ1v) is 13.7. The van der Waals surface area contributed by atoms with E-state index >= 15 is 0 Å². The van der Waals surface area contributed by atoms with E-state index in [2.05, 4.69) is 15.1 Å². The lowest BCUT2D eigenvalue weighted by Crippen LogP contribution is -2.21. The summed E-state index contributed by atoms with van der Waals surface area (Å²) in [6.07, 6.45) is -4.41. The molecular formula is C25H17ClF5N5O4S. The number of sulfonamides is 1. The van der Waals surface area contributed by atoms with Gasteiger partial charge in [-0.15, -0.1) is 0 Å². The van der Waals surface area contributed by atoms with Gasteiger partial charge in [0.2, 0.25) is 15.9 Å². The second kappa shape index (κ2) is 9.41. The van der Waals surface area contributed by atoms with Gasteiger partial charge in [-0.1, -0.05) is 11.6 Å². The Morgan fingerprint density at radius 3 is 2.41 bits per heavy atom. The first kappa shape index (κ1) is 28.3. The lowest BCUT2D eigenvalue weighted by atomic mass is 9.84. The van der Waals surface area contributed by atoms with E-state index in [4.69, 9.17) is 17.3 Å².